The molecule has 2 aromatic rings. The third kappa shape index (κ3) is 1.78. The van der Waals surface area contributed by atoms with Crippen LogP contribution in [-0.2, 0) is 5.33 Å². The lowest BCUT2D eigenvalue weighted by Gasteiger charge is -1.96. The first-order valence-electron chi connectivity index (χ1n) is 3.93. The Kier molecular flexibility index (Phi) is 2.40. The van der Waals surface area contributed by atoms with E-state index in [2.05, 4.69) is 26.2 Å². The molecule has 0 saturated heterocycles. The average molecular weight is 238 g/mol. The summed E-state index contributed by atoms with van der Waals surface area (Å²) in [4.78, 5) is 0. The van der Waals surface area contributed by atoms with Crippen LogP contribution in [0.4, 0.5) is 0 Å². The lowest BCUT2D eigenvalue weighted by Crippen LogP contribution is -1.93. The normalized spacial score (nSPS) is 10.2. The highest BCUT2D eigenvalue weighted by Gasteiger charge is 1.99. The van der Waals surface area contributed by atoms with Crippen LogP contribution in [0.25, 0.3) is 5.69 Å². The molecule has 4 heteroatoms. The summed E-state index contributed by atoms with van der Waals surface area (Å²) in [7, 11) is 0. The number of aromatic nitrogens is 3. The van der Waals surface area contributed by atoms with Crippen molar-refractivity contribution in [2.24, 2.45) is 0 Å². The monoisotopic (exact) mass is 237 g/mol. The van der Waals surface area contributed by atoms with Crippen LogP contribution >= 0.6 is 15.9 Å². The molecule has 0 aliphatic carbocycles. The Morgan fingerprint density at radius 3 is 2.62 bits per heavy atom. The molecule has 0 bridgehead atoms. The van der Waals surface area contributed by atoms with Gasteiger partial charge in [-0.2, -0.15) is 0 Å². The summed E-state index contributed by atoms with van der Waals surface area (Å²) in [5.41, 5.74) is 1.96. The predicted molar refractivity (Wildman–Crippen MR) is 54.0 cm³/mol. The molecule has 1 aromatic carbocycles. The Balaban J connectivity index is 2.36. The molecule has 0 saturated carbocycles. The third-order valence-corrected chi connectivity index (χ3v) is 2.27. The van der Waals surface area contributed by atoms with Crippen LogP contribution < -0.4 is 0 Å². The molecule has 0 aliphatic heterocycles. The number of hydrogen-bond donors (Lipinski definition) is 0. The van der Waals surface area contributed by atoms with Crippen molar-refractivity contribution >= 4 is 15.9 Å². The van der Waals surface area contributed by atoms with Gasteiger partial charge in [0.05, 0.1) is 17.6 Å². The first-order valence-corrected chi connectivity index (χ1v) is 5.05. The lowest BCUT2D eigenvalue weighted by molar-refractivity contribution is 0.800. The number of benzene rings is 1. The Bertz CT molecular complexity index is 383. The van der Waals surface area contributed by atoms with E-state index in [4.69, 9.17) is 0 Å². The summed E-state index contributed by atoms with van der Waals surface area (Å²) in [6.45, 7) is 0. The Hall–Kier alpha value is -1.16. The third-order valence-electron chi connectivity index (χ3n) is 1.70. The Morgan fingerprint density at radius 1 is 1.23 bits per heavy atom. The fraction of sp³-hybridized carbons (Fsp3) is 0.111. The van der Waals surface area contributed by atoms with Gasteiger partial charge in [0.15, 0.2) is 0 Å². The van der Waals surface area contributed by atoms with Gasteiger partial charge in [-0.25, -0.2) is 4.68 Å². The molecule has 2 rings (SSSR count). The summed E-state index contributed by atoms with van der Waals surface area (Å²) in [6.07, 6.45) is 1.91. The van der Waals surface area contributed by atoms with Crippen LogP contribution in [0, 0.1) is 0 Å². The van der Waals surface area contributed by atoms with Gasteiger partial charge in [-0.1, -0.05) is 39.3 Å². The fourth-order valence-electron chi connectivity index (χ4n) is 1.07. The van der Waals surface area contributed by atoms with Crippen molar-refractivity contribution in [1.29, 1.82) is 0 Å². The van der Waals surface area contributed by atoms with Crippen LogP contribution in [0.2, 0.25) is 0 Å². The molecule has 1 heterocycles. The molecule has 0 aliphatic rings. The van der Waals surface area contributed by atoms with Gasteiger partial charge in [0.2, 0.25) is 0 Å². The Morgan fingerprint density at radius 2 is 2.00 bits per heavy atom. The molecule has 0 spiro atoms. The van der Waals surface area contributed by atoms with Crippen molar-refractivity contribution in [2.45, 2.75) is 5.33 Å². The van der Waals surface area contributed by atoms with Gasteiger partial charge >= 0.3 is 0 Å². The number of halogens is 1. The molecule has 0 N–H and O–H groups in total. The van der Waals surface area contributed by atoms with Gasteiger partial charge in [0, 0.05) is 5.33 Å². The number of alkyl halides is 1. The van der Waals surface area contributed by atoms with Crippen molar-refractivity contribution in [3.63, 3.8) is 0 Å². The second kappa shape index (κ2) is 3.70. The number of nitrogens with zero attached hydrogens (tertiary/aromatic N) is 3. The summed E-state index contributed by atoms with van der Waals surface area (Å²) >= 11 is 3.33. The molecule has 1 aromatic heterocycles. The van der Waals surface area contributed by atoms with Crippen LogP contribution in [0.3, 0.4) is 0 Å². The van der Waals surface area contributed by atoms with Gasteiger partial charge in [-0.05, 0) is 12.1 Å². The summed E-state index contributed by atoms with van der Waals surface area (Å²) in [5, 5.41) is 8.71. The van der Waals surface area contributed by atoms with Crippen molar-refractivity contribution in [3.8, 4) is 5.69 Å². The van der Waals surface area contributed by atoms with E-state index in [0.29, 0.717) is 0 Å². The molecule has 3 nitrogen and oxygen atoms in total. The largest absolute Gasteiger partial charge is 0.220 e. The summed E-state index contributed by atoms with van der Waals surface area (Å²) < 4.78 is 1.76. The van der Waals surface area contributed by atoms with E-state index in [1.165, 1.54) is 0 Å². The standard InChI is InChI=1S/C9H8BrN3/c10-6-8-7-13(12-11-8)9-4-2-1-3-5-9/h1-5,7H,6H2. The molecule has 13 heavy (non-hydrogen) atoms. The first kappa shape index (κ1) is 8.44. The van der Waals surface area contributed by atoms with Crippen molar-refractivity contribution in [1.82, 2.24) is 15.0 Å². The minimum atomic E-state index is 0.736. The molecular weight excluding hydrogens is 230 g/mol. The van der Waals surface area contributed by atoms with E-state index >= 15 is 0 Å². The highest BCUT2D eigenvalue weighted by atomic mass is 79.9. The molecule has 0 fully saturated rings. The van der Waals surface area contributed by atoms with Crippen molar-refractivity contribution in [2.75, 3.05) is 0 Å². The van der Waals surface area contributed by atoms with Crippen LogP contribution in [0.15, 0.2) is 36.5 Å². The van der Waals surface area contributed by atoms with Gasteiger partial charge in [0.25, 0.3) is 0 Å². The molecule has 0 unspecified atom stereocenters. The Labute approximate surface area is 84.5 Å². The number of para-hydroxylation sites is 1. The lowest BCUT2D eigenvalue weighted by atomic mass is 10.3. The van der Waals surface area contributed by atoms with Crippen LogP contribution in [-0.4, -0.2) is 15.0 Å². The fourth-order valence-corrected chi connectivity index (χ4v) is 1.32. The molecule has 66 valence electrons. The van der Waals surface area contributed by atoms with E-state index in [1.54, 1.807) is 4.68 Å². The zero-order valence-electron chi connectivity index (χ0n) is 6.89. The maximum absolute atomic E-state index is 3.99. The number of rotatable bonds is 2. The highest BCUT2D eigenvalue weighted by molar-refractivity contribution is 9.08. The quantitative estimate of drug-likeness (QED) is 0.750. The van der Waals surface area contributed by atoms with E-state index in [1.807, 2.05) is 36.5 Å². The minimum absolute atomic E-state index is 0.736. The topological polar surface area (TPSA) is 30.7 Å². The van der Waals surface area contributed by atoms with Gasteiger partial charge in [-0.3, -0.25) is 0 Å². The smallest absolute Gasteiger partial charge is 0.0937 e. The van der Waals surface area contributed by atoms with Crippen LogP contribution in [0.5, 0.6) is 0 Å². The molecular formula is C9H8BrN3. The number of hydrogen-bond acceptors (Lipinski definition) is 2. The van der Waals surface area contributed by atoms with Crippen molar-refractivity contribution in [3.05, 3.63) is 42.2 Å². The first-order chi connectivity index (χ1) is 6.40. The van der Waals surface area contributed by atoms with E-state index in [-0.39, 0.29) is 0 Å². The van der Waals surface area contributed by atoms with E-state index < -0.39 is 0 Å². The minimum Gasteiger partial charge on any atom is -0.220 e. The summed E-state index contributed by atoms with van der Waals surface area (Å²) in [5.74, 6) is 0. The van der Waals surface area contributed by atoms with Gasteiger partial charge in [0.1, 0.15) is 0 Å². The second-order valence-electron chi connectivity index (χ2n) is 2.62. The molecule has 0 atom stereocenters. The second-order valence-corrected chi connectivity index (χ2v) is 3.18. The zero-order chi connectivity index (χ0) is 9.10. The highest BCUT2D eigenvalue weighted by Crippen LogP contribution is 2.07. The summed E-state index contributed by atoms with van der Waals surface area (Å²) in [6, 6.07) is 9.92. The SMILES string of the molecule is BrCc1cn(-c2ccccc2)nn1. The molecule has 0 amide bonds. The zero-order valence-corrected chi connectivity index (χ0v) is 8.48. The van der Waals surface area contributed by atoms with Gasteiger partial charge < -0.3 is 0 Å². The van der Waals surface area contributed by atoms with E-state index in [9.17, 15) is 0 Å². The maximum Gasteiger partial charge on any atom is 0.0937 e. The maximum atomic E-state index is 3.99. The molecule has 0 radical (unpaired) electrons. The van der Waals surface area contributed by atoms with E-state index in [0.717, 1.165) is 16.7 Å². The van der Waals surface area contributed by atoms with Crippen molar-refractivity contribution < 1.29 is 0 Å². The van der Waals surface area contributed by atoms with Gasteiger partial charge in [-0.15, -0.1) is 5.10 Å². The average Bonchev–Trinajstić information content (AvgIpc) is 2.67. The predicted octanol–water partition coefficient (Wildman–Crippen LogP) is 2.16. The van der Waals surface area contributed by atoms with Crippen LogP contribution in [0.1, 0.15) is 5.69 Å².